The highest BCUT2D eigenvalue weighted by Gasteiger charge is 2.33. The number of hydrogen-bond acceptors (Lipinski definition) is 1. The average molecular weight is 294 g/mol. The van der Waals surface area contributed by atoms with Gasteiger partial charge in [0.25, 0.3) is 0 Å². The summed E-state index contributed by atoms with van der Waals surface area (Å²) in [6.07, 6.45) is -4.02. The number of phenols is 1. The smallest absolute Gasteiger partial charge is 0.416 e. The van der Waals surface area contributed by atoms with Gasteiger partial charge in [-0.25, -0.2) is 0 Å². The predicted molar refractivity (Wildman–Crippen MR) is 77.4 cm³/mol. The molecule has 0 aromatic heterocycles. The molecule has 1 nitrogen and oxygen atoms in total. The van der Waals surface area contributed by atoms with E-state index in [1.807, 2.05) is 0 Å². The molecule has 1 N–H and O–H groups in total. The molecule has 2 rings (SSSR count). The van der Waals surface area contributed by atoms with Crippen molar-refractivity contribution in [1.82, 2.24) is 0 Å². The fourth-order valence-corrected chi connectivity index (χ4v) is 2.45. The van der Waals surface area contributed by atoms with Crippen molar-refractivity contribution in [2.45, 2.75) is 33.4 Å². The van der Waals surface area contributed by atoms with Gasteiger partial charge in [-0.2, -0.15) is 13.2 Å². The third-order valence-electron chi connectivity index (χ3n) is 3.62. The first-order valence-corrected chi connectivity index (χ1v) is 6.74. The Morgan fingerprint density at radius 2 is 1.52 bits per heavy atom. The van der Waals surface area contributed by atoms with Crippen LogP contribution >= 0.6 is 0 Å². The second-order valence-corrected chi connectivity index (χ2v) is 5.18. The molecule has 0 fully saturated rings. The first kappa shape index (κ1) is 15.4. The van der Waals surface area contributed by atoms with Gasteiger partial charge in [0.05, 0.1) is 5.56 Å². The first-order chi connectivity index (χ1) is 9.74. The number of rotatable bonds is 2. The van der Waals surface area contributed by atoms with Gasteiger partial charge < -0.3 is 5.11 Å². The van der Waals surface area contributed by atoms with E-state index in [4.69, 9.17) is 0 Å². The highest BCUT2D eigenvalue weighted by atomic mass is 19.4. The van der Waals surface area contributed by atoms with E-state index in [0.717, 1.165) is 0 Å². The Hall–Kier alpha value is -1.97. The van der Waals surface area contributed by atoms with Crippen molar-refractivity contribution < 1.29 is 18.3 Å². The molecule has 0 spiro atoms. The van der Waals surface area contributed by atoms with Gasteiger partial charge in [-0.15, -0.1) is 0 Å². The summed E-state index contributed by atoms with van der Waals surface area (Å²) < 4.78 is 39.3. The Morgan fingerprint density at radius 3 is 2.00 bits per heavy atom. The SMILES string of the molecule is CCc1ccc(-c2cc(C)c(O)c(C)c2)cc1C(F)(F)F. The minimum Gasteiger partial charge on any atom is -0.507 e. The van der Waals surface area contributed by atoms with Gasteiger partial charge in [0.15, 0.2) is 0 Å². The van der Waals surface area contributed by atoms with Crippen molar-refractivity contribution in [3.63, 3.8) is 0 Å². The Morgan fingerprint density at radius 1 is 0.952 bits per heavy atom. The predicted octanol–water partition coefficient (Wildman–Crippen LogP) is 5.26. The number of aryl methyl sites for hydroxylation is 3. The normalized spacial score (nSPS) is 11.7. The van der Waals surface area contributed by atoms with Crippen LogP contribution in [0.4, 0.5) is 13.2 Å². The second-order valence-electron chi connectivity index (χ2n) is 5.18. The number of phenolic OH excluding ortho intramolecular Hbond substituents is 1. The molecule has 0 aliphatic carbocycles. The fraction of sp³-hybridized carbons (Fsp3) is 0.294. The van der Waals surface area contributed by atoms with Crippen LogP contribution in [0.1, 0.15) is 29.2 Å². The third-order valence-corrected chi connectivity index (χ3v) is 3.62. The van der Waals surface area contributed by atoms with Crippen LogP contribution in [-0.2, 0) is 12.6 Å². The summed E-state index contributed by atoms with van der Waals surface area (Å²) in [7, 11) is 0. The molecule has 0 aliphatic heterocycles. The lowest BCUT2D eigenvalue weighted by molar-refractivity contribution is -0.138. The Balaban J connectivity index is 2.61. The molecule has 0 saturated heterocycles. The summed E-state index contributed by atoms with van der Waals surface area (Å²) >= 11 is 0. The van der Waals surface area contributed by atoms with E-state index in [9.17, 15) is 18.3 Å². The van der Waals surface area contributed by atoms with E-state index in [-0.39, 0.29) is 5.75 Å². The van der Waals surface area contributed by atoms with E-state index in [2.05, 4.69) is 0 Å². The molecule has 0 aliphatic rings. The molecule has 0 radical (unpaired) electrons. The fourth-order valence-electron chi connectivity index (χ4n) is 2.45. The third kappa shape index (κ3) is 3.04. The van der Waals surface area contributed by atoms with Crippen molar-refractivity contribution in [3.8, 4) is 16.9 Å². The van der Waals surface area contributed by atoms with Crippen LogP contribution in [0, 0.1) is 13.8 Å². The molecule has 21 heavy (non-hydrogen) atoms. The van der Waals surface area contributed by atoms with Gasteiger partial charge in [0.1, 0.15) is 5.75 Å². The number of alkyl halides is 3. The Kier molecular flexibility index (Phi) is 3.99. The van der Waals surface area contributed by atoms with Crippen molar-refractivity contribution in [2.24, 2.45) is 0 Å². The Labute approximate surface area is 122 Å². The van der Waals surface area contributed by atoms with Gasteiger partial charge in [0.2, 0.25) is 0 Å². The lowest BCUT2D eigenvalue weighted by Gasteiger charge is -2.15. The first-order valence-electron chi connectivity index (χ1n) is 6.74. The van der Waals surface area contributed by atoms with E-state index in [1.165, 1.54) is 12.1 Å². The molecule has 112 valence electrons. The van der Waals surface area contributed by atoms with E-state index < -0.39 is 11.7 Å². The van der Waals surface area contributed by atoms with Gasteiger partial charge >= 0.3 is 6.18 Å². The number of halogens is 3. The molecule has 0 amide bonds. The standard InChI is InChI=1S/C17H17F3O/c1-4-12-5-6-13(9-15(12)17(18,19)20)14-7-10(2)16(21)11(3)8-14/h5-9,21H,4H2,1-3H3. The molecule has 0 unspecified atom stereocenters. The van der Waals surface area contributed by atoms with Crippen LogP contribution < -0.4 is 0 Å². The maximum Gasteiger partial charge on any atom is 0.416 e. The number of benzene rings is 2. The zero-order valence-electron chi connectivity index (χ0n) is 12.2. The van der Waals surface area contributed by atoms with Crippen molar-refractivity contribution >= 4 is 0 Å². The largest absolute Gasteiger partial charge is 0.507 e. The zero-order chi connectivity index (χ0) is 15.8. The summed E-state index contributed by atoms with van der Waals surface area (Å²) in [6.45, 7) is 5.17. The van der Waals surface area contributed by atoms with Gasteiger partial charge in [0, 0.05) is 0 Å². The molecule has 0 heterocycles. The Bertz CT molecular complexity index is 649. The molecule has 0 bridgehead atoms. The summed E-state index contributed by atoms with van der Waals surface area (Å²) in [5.41, 5.74) is 2.18. The number of hydrogen-bond donors (Lipinski definition) is 1. The molecule has 0 atom stereocenters. The second kappa shape index (κ2) is 5.43. The summed E-state index contributed by atoms with van der Waals surface area (Å²) in [6, 6.07) is 7.80. The quantitative estimate of drug-likeness (QED) is 0.801. The lowest BCUT2D eigenvalue weighted by atomic mass is 9.95. The van der Waals surface area contributed by atoms with Crippen LogP contribution in [0.3, 0.4) is 0 Å². The van der Waals surface area contributed by atoms with E-state index in [0.29, 0.717) is 34.2 Å². The highest BCUT2D eigenvalue weighted by Crippen LogP contribution is 2.36. The van der Waals surface area contributed by atoms with Crippen molar-refractivity contribution in [3.05, 3.63) is 52.6 Å². The molecule has 2 aromatic carbocycles. The molecule has 2 aromatic rings. The molecular formula is C17H17F3O. The molecule has 4 heteroatoms. The van der Waals surface area contributed by atoms with Gasteiger partial charge in [-0.05, 0) is 66.3 Å². The van der Waals surface area contributed by atoms with Crippen LogP contribution in [0.25, 0.3) is 11.1 Å². The average Bonchev–Trinajstić information content (AvgIpc) is 2.42. The topological polar surface area (TPSA) is 20.2 Å². The van der Waals surface area contributed by atoms with Crippen LogP contribution in [-0.4, -0.2) is 5.11 Å². The minimum absolute atomic E-state index is 0.181. The van der Waals surface area contributed by atoms with Crippen LogP contribution in [0.2, 0.25) is 0 Å². The van der Waals surface area contributed by atoms with Gasteiger partial charge in [-0.3, -0.25) is 0 Å². The minimum atomic E-state index is -4.36. The van der Waals surface area contributed by atoms with E-state index in [1.54, 1.807) is 39.0 Å². The lowest BCUT2D eigenvalue weighted by Crippen LogP contribution is -2.09. The maximum absolute atomic E-state index is 13.1. The highest BCUT2D eigenvalue weighted by molar-refractivity contribution is 5.68. The van der Waals surface area contributed by atoms with E-state index >= 15 is 0 Å². The summed E-state index contributed by atoms with van der Waals surface area (Å²) in [4.78, 5) is 0. The van der Waals surface area contributed by atoms with Crippen LogP contribution in [0.5, 0.6) is 5.75 Å². The summed E-state index contributed by atoms with van der Waals surface area (Å²) in [5.74, 6) is 0.181. The summed E-state index contributed by atoms with van der Waals surface area (Å²) in [5, 5.41) is 9.76. The molecular weight excluding hydrogens is 277 g/mol. The van der Waals surface area contributed by atoms with Gasteiger partial charge in [-0.1, -0.05) is 19.1 Å². The van der Waals surface area contributed by atoms with Crippen molar-refractivity contribution in [1.29, 1.82) is 0 Å². The monoisotopic (exact) mass is 294 g/mol. The molecule has 0 saturated carbocycles. The van der Waals surface area contributed by atoms with Crippen molar-refractivity contribution in [2.75, 3.05) is 0 Å². The zero-order valence-corrected chi connectivity index (χ0v) is 12.2. The van der Waals surface area contributed by atoms with Crippen LogP contribution in [0.15, 0.2) is 30.3 Å². The number of aromatic hydroxyl groups is 1. The maximum atomic E-state index is 13.1.